The highest BCUT2D eigenvalue weighted by atomic mass is 19.1. The maximum absolute atomic E-state index is 13.0. The number of nitrogens with zero attached hydrogens (tertiary/aromatic N) is 1. The van der Waals surface area contributed by atoms with Gasteiger partial charge >= 0.3 is 0 Å². The monoisotopic (exact) mass is 329 g/mol. The Morgan fingerprint density at radius 3 is 2.62 bits per heavy atom. The van der Waals surface area contributed by atoms with Crippen molar-refractivity contribution in [1.82, 2.24) is 10.7 Å². The van der Waals surface area contributed by atoms with Gasteiger partial charge in [0.25, 0.3) is 11.8 Å². The van der Waals surface area contributed by atoms with Gasteiger partial charge in [0.1, 0.15) is 11.6 Å². The summed E-state index contributed by atoms with van der Waals surface area (Å²) in [6, 6.07) is 12.3. The van der Waals surface area contributed by atoms with Gasteiger partial charge in [0, 0.05) is 5.56 Å². The summed E-state index contributed by atoms with van der Waals surface area (Å²) < 4.78 is 18.0. The second-order valence-corrected chi connectivity index (χ2v) is 4.76. The van der Waals surface area contributed by atoms with E-state index in [2.05, 4.69) is 15.8 Å². The smallest absolute Gasteiger partial charge is 0.259 e. The normalized spacial score (nSPS) is 10.4. The molecule has 24 heavy (non-hydrogen) atoms. The summed E-state index contributed by atoms with van der Waals surface area (Å²) >= 11 is 0. The molecular formula is C17H16FN3O3. The second-order valence-electron chi connectivity index (χ2n) is 4.76. The molecule has 2 rings (SSSR count). The molecule has 0 bridgehead atoms. The van der Waals surface area contributed by atoms with Crippen molar-refractivity contribution in [3.8, 4) is 5.75 Å². The van der Waals surface area contributed by atoms with E-state index in [1.54, 1.807) is 30.3 Å². The average Bonchev–Trinajstić information content (AvgIpc) is 2.60. The minimum Gasteiger partial charge on any atom is -0.497 e. The van der Waals surface area contributed by atoms with E-state index in [4.69, 9.17) is 4.74 Å². The van der Waals surface area contributed by atoms with Crippen LogP contribution in [0.2, 0.25) is 0 Å². The molecule has 2 aromatic rings. The third kappa shape index (κ3) is 5.20. The molecule has 0 radical (unpaired) electrons. The van der Waals surface area contributed by atoms with Gasteiger partial charge in [-0.1, -0.05) is 12.1 Å². The predicted octanol–water partition coefficient (Wildman–Crippen LogP) is 1.71. The van der Waals surface area contributed by atoms with E-state index in [1.807, 2.05) is 0 Å². The molecule has 0 unspecified atom stereocenters. The first kappa shape index (κ1) is 17.1. The molecular weight excluding hydrogens is 313 g/mol. The number of ether oxygens (including phenoxy) is 1. The SMILES string of the molecule is COc1ccc(C(=O)NCC(=O)N/N=C/c2cccc(F)c2)cc1. The van der Waals surface area contributed by atoms with Crippen LogP contribution in [0.25, 0.3) is 0 Å². The fourth-order valence-electron chi connectivity index (χ4n) is 1.81. The zero-order chi connectivity index (χ0) is 17.4. The Kier molecular flexibility index (Phi) is 6.01. The number of carbonyl (C=O) groups excluding carboxylic acids is 2. The summed E-state index contributed by atoms with van der Waals surface area (Å²) in [7, 11) is 1.53. The first-order chi connectivity index (χ1) is 11.6. The Balaban J connectivity index is 1.78. The predicted molar refractivity (Wildman–Crippen MR) is 87.5 cm³/mol. The third-order valence-corrected chi connectivity index (χ3v) is 3.01. The Morgan fingerprint density at radius 2 is 1.96 bits per heavy atom. The molecule has 0 aliphatic heterocycles. The van der Waals surface area contributed by atoms with E-state index in [0.29, 0.717) is 16.9 Å². The molecule has 0 saturated carbocycles. The Labute approximate surface area is 138 Å². The van der Waals surface area contributed by atoms with E-state index in [-0.39, 0.29) is 12.5 Å². The number of carbonyl (C=O) groups is 2. The molecule has 0 heterocycles. The second kappa shape index (κ2) is 8.42. The van der Waals surface area contributed by atoms with E-state index in [9.17, 15) is 14.0 Å². The van der Waals surface area contributed by atoms with Crippen LogP contribution < -0.4 is 15.5 Å². The first-order valence-corrected chi connectivity index (χ1v) is 7.08. The molecule has 0 aromatic heterocycles. The summed E-state index contributed by atoms with van der Waals surface area (Å²) in [5.41, 5.74) is 3.17. The number of rotatable bonds is 6. The van der Waals surface area contributed by atoms with Gasteiger partial charge in [0.05, 0.1) is 19.9 Å². The number of nitrogens with one attached hydrogen (secondary N) is 2. The largest absolute Gasteiger partial charge is 0.497 e. The van der Waals surface area contributed by atoms with Crippen molar-refractivity contribution in [2.24, 2.45) is 5.10 Å². The van der Waals surface area contributed by atoms with Gasteiger partial charge in [-0.05, 0) is 42.0 Å². The lowest BCUT2D eigenvalue weighted by Gasteiger charge is -2.05. The summed E-state index contributed by atoms with van der Waals surface area (Å²) in [5.74, 6) is -0.639. The number of hydrogen-bond acceptors (Lipinski definition) is 4. The van der Waals surface area contributed by atoms with Gasteiger partial charge in [-0.15, -0.1) is 0 Å². The Hall–Kier alpha value is -3.22. The van der Waals surface area contributed by atoms with Crippen LogP contribution >= 0.6 is 0 Å². The minimum atomic E-state index is -0.496. The molecule has 0 aliphatic rings. The average molecular weight is 329 g/mol. The molecule has 6 nitrogen and oxygen atoms in total. The highest BCUT2D eigenvalue weighted by molar-refractivity contribution is 5.96. The van der Waals surface area contributed by atoms with Gasteiger partial charge in [0.2, 0.25) is 0 Å². The number of benzene rings is 2. The van der Waals surface area contributed by atoms with Gasteiger partial charge < -0.3 is 10.1 Å². The van der Waals surface area contributed by atoms with Crippen LogP contribution in [0.3, 0.4) is 0 Å². The summed E-state index contributed by atoms with van der Waals surface area (Å²) in [6.45, 7) is -0.231. The van der Waals surface area contributed by atoms with E-state index in [0.717, 1.165) is 0 Å². The van der Waals surface area contributed by atoms with Gasteiger partial charge in [0.15, 0.2) is 0 Å². The van der Waals surface area contributed by atoms with Crippen molar-refractivity contribution in [3.63, 3.8) is 0 Å². The fraction of sp³-hybridized carbons (Fsp3) is 0.118. The van der Waals surface area contributed by atoms with Gasteiger partial charge in [-0.25, -0.2) is 9.82 Å². The molecule has 124 valence electrons. The molecule has 2 amide bonds. The Morgan fingerprint density at radius 1 is 1.21 bits per heavy atom. The molecule has 7 heteroatoms. The maximum atomic E-state index is 13.0. The lowest BCUT2D eigenvalue weighted by Crippen LogP contribution is -2.34. The molecule has 2 aromatic carbocycles. The van der Waals surface area contributed by atoms with Crippen molar-refractivity contribution in [3.05, 3.63) is 65.5 Å². The summed E-state index contributed by atoms with van der Waals surface area (Å²) in [4.78, 5) is 23.5. The zero-order valence-corrected chi connectivity index (χ0v) is 13.0. The van der Waals surface area contributed by atoms with Crippen LogP contribution in [0.5, 0.6) is 5.75 Å². The van der Waals surface area contributed by atoms with E-state index < -0.39 is 11.7 Å². The van der Waals surface area contributed by atoms with Crippen molar-refractivity contribution in [2.75, 3.05) is 13.7 Å². The number of hydrogen-bond donors (Lipinski definition) is 2. The van der Waals surface area contributed by atoms with Crippen LogP contribution in [-0.2, 0) is 4.79 Å². The van der Waals surface area contributed by atoms with Crippen LogP contribution in [0.15, 0.2) is 53.6 Å². The van der Waals surface area contributed by atoms with Crippen LogP contribution in [0, 0.1) is 5.82 Å². The van der Waals surface area contributed by atoms with Crippen LogP contribution in [-0.4, -0.2) is 31.7 Å². The number of halogens is 1. The maximum Gasteiger partial charge on any atom is 0.259 e. The van der Waals surface area contributed by atoms with E-state index >= 15 is 0 Å². The number of methoxy groups -OCH3 is 1. The minimum absolute atomic E-state index is 0.231. The first-order valence-electron chi connectivity index (χ1n) is 7.08. The topological polar surface area (TPSA) is 79.8 Å². The van der Waals surface area contributed by atoms with Crippen molar-refractivity contribution < 1.29 is 18.7 Å². The molecule has 0 fully saturated rings. The number of hydrazone groups is 1. The lowest BCUT2D eigenvalue weighted by molar-refractivity contribution is -0.120. The van der Waals surface area contributed by atoms with Crippen molar-refractivity contribution >= 4 is 18.0 Å². The molecule has 2 N–H and O–H groups in total. The Bertz CT molecular complexity index is 745. The third-order valence-electron chi connectivity index (χ3n) is 3.01. The van der Waals surface area contributed by atoms with Crippen LogP contribution in [0.4, 0.5) is 4.39 Å². The van der Waals surface area contributed by atoms with Crippen molar-refractivity contribution in [1.29, 1.82) is 0 Å². The quantitative estimate of drug-likeness (QED) is 0.625. The van der Waals surface area contributed by atoms with Crippen molar-refractivity contribution in [2.45, 2.75) is 0 Å². The summed E-state index contributed by atoms with van der Waals surface area (Å²) in [5, 5.41) is 6.17. The highest BCUT2D eigenvalue weighted by Gasteiger charge is 2.07. The summed E-state index contributed by atoms with van der Waals surface area (Å²) in [6.07, 6.45) is 1.31. The number of amides is 2. The highest BCUT2D eigenvalue weighted by Crippen LogP contribution is 2.10. The molecule has 0 atom stereocenters. The van der Waals surface area contributed by atoms with Gasteiger partial charge in [-0.2, -0.15) is 5.10 Å². The lowest BCUT2D eigenvalue weighted by atomic mass is 10.2. The standard InChI is InChI=1S/C17H16FN3O3/c1-24-15-7-5-13(6-8-15)17(23)19-11-16(22)21-20-10-12-3-2-4-14(18)9-12/h2-10H,11H2,1H3,(H,19,23)(H,21,22)/b20-10+. The van der Waals surface area contributed by atoms with E-state index in [1.165, 1.54) is 31.5 Å². The molecule has 0 aliphatic carbocycles. The molecule has 0 saturated heterocycles. The molecule has 0 spiro atoms. The van der Waals surface area contributed by atoms with Gasteiger partial charge in [-0.3, -0.25) is 9.59 Å². The fourth-order valence-corrected chi connectivity index (χ4v) is 1.81. The van der Waals surface area contributed by atoms with Crippen LogP contribution in [0.1, 0.15) is 15.9 Å². The zero-order valence-electron chi connectivity index (χ0n) is 13.0.